The lowest BCUT2D eigenvalue weighted by molar-refractivity contribution is 0.102. The van der Waals surface area contributed by atoms with E-state index in [2.05, 4.69) is 20.2 Å². The van der Waals surface area contributed by atoms with Crippen LogP contribution in [0.15, 0.2) is 53.1 Å². The maximum absolute atomic E-state index is 12.6. The van der Waals surface area contributed by atoms with Gasteiger partial charge in [0.1, 0.15) is 11.6 Å². The van der Waals surface area contributed by atoms with E-state index >= 15 is 0 Å². The third-order valence-corrected chi connectivity index (χ3v) is 4.40. The van der Waals surface area contributed by atoms with E-state index in [4.69, 9.17) is 9.15 Å². The highest BCUT2D eigenvalue weighted by molar-refractivity contribution is 6.03. The van der Waals surface area contributed by atoms with E-state index in [1.165, 1.54) is 0 Å². The van der Waals surface area contributed by atoms with Crippen molar-refractivity contribution in [1.82, 2.24) is 9.97 Å². The molecule has 1 N–H and O–H groups in total. The number of oxazole rings is 1. The van der Waals surface area contributed by atoms with E-state index in [9.17, 15) is 4.79 Å². The Bertz CT molecular complexity index is 916. The molecule has 1 aliphatic rings. The Morgan fingerprint density at radius 3 is 2.59 bits per heavy atom. The van der Waals surface area contributed by atoms with Crippen LogP contribution in [0, 0.1) is 6.92 Å². The summed E-state index contributed by atoms with van der Waals surface area (Å²) in [6.45, 7) is 4.84. The number of amides is 1. The van der Waals surface area contributed by atoms with Crippen molar-refractivity contribution in [3.63, 3.8) is 0 Å². The molecule has 1 amide bonds. The summed E-state index contributed by atoms with van der Waals surface area (Å²) >= 11 is 0. The van der Waals surface area contributed by atoms with Crippen LogP contribution in [0.25, 0.3) is 11.5 Å². The molecule has 0 spiro atoms. The van der Waals surface area contributed by atoms with Gasteiger partial charge in [-0.2, -0.15) is 0 Å². The van der Waals surface area contributed by atoms with Crippen molar-refractivity contribution in [1.29, 1.82) is 0 Å². The Morgan fingerprint density at radius 1 is 1.11 bits per heavy atom. The third-order valence-electron chi connectivity index (χ3n) is 4.40. The minimum atomic E-state index is -0.343. The van der Waals surface area contributed by atoms with Crippen molar-refractivity contribution in [3.05, 3.63) is 60.1 Å². The molecule has 3 aromatic rings. The average molecular weight is 364 g/mol. The predicted molar refractivity (Wildman–Crippen MR) is 102 cm³/mol. The highest BCUT2D eigenvalue weighted by atomic mass is 16.5. The van der Waals surface area contributed by atoms with Crippen LogP contribution in [0.4, 0.5) is 11.5 Å². The van der Waals surface area contributed by atoms with E-state index in [0.717, 1.165) is 24.3 Å². The summed E-state index contributed by atoms with van der Waals surface area (Å²) < 4.78 is 11.0. The summed E-state index contributed by atoms with van der Waals surface area (Å²) in [6.07, 6.45) is 1.76. The number of aryl methyl sites for hydroxylation is 1. The number of carbonyl (C=O) groups excluding carboxylic acids is 1. The fourth-order valence-corrected chi connectivity index (χ4v) is 2.96. The Kier molecular flexibility index (Phi) is 4.84. The van der Waals surface area contributed by atoms with Crippen molar-refractivity contribution < 1.29 is 13.9 Å². The topological polar surface area (TPSA) is 80.5 Å². The molecule has 2 aromatic heterocycles. The number of hydrogen-bond acceptors (Lipinski definition) is 6. The van der Waals surface area contributed by atoms with Crippen LogP contribution in [0.2, 0.25) is 0 Å². The lowest BCUT2D eigenvalue weighted by Crippen LogP contribution is -2.36. The van der Waals surface area contributed by atoms with Gasteiger partial charge in [0, 0.05) is 18.7 Å². The van der Waals surface area contributed by atoms with Crippen LogP contribution >= 0.6 is 0 Å². The van der Waals surface area contributed by atoms with Gasteiger partial charge < -0.3 is 19.4 Å². The van der Waals surface area contributed by atoms with Gasteiger partial charge in [-0.25, -0.2) is 9.97 Å². The molecule has 4 rings (SSSR count). The summed E-state index contributed by atoms with van der Waals surface area (Å²) in [6, 6.07) is 13.2. The molecule has 27 heavy (non-hydrogen) atoms. The molecule has 0 atom stereocenters. The van der Waals surface area contributed by atoms with Gasteiger partial charge in [0.15, 0.2) is 5.69 Å². The van der Waals surface area contributed by atoms with Gasteiger partial charge in [0.25, 0.3) is 5.91 Å². The first-order valence-corrected chi connectivity index (χ1v) is 8.83. The number of pyridine rings is 1. The molecule has 0 unspecified atom stereocenters. The van der Waals surface area contributed by atoms with Gasteiger partial charge in [-0.1, -0.05) is 18.2 Å². The van der Waals surface area contributed by atoms with E-state index < -0.39 is 0 Å². The van der Waals surface area contributed by atoms with Gasteiger partial charge in [-0.3, -0.25) is 4.79 Å². The molecule has 7 heteroatoms. The van der Waals surface area contributed by atoms with Crippen LogP contribution in [-0.4, -0.2) is 42.2 Å². The maximum atomic E-state index is 12.6. The van der Waals surface area contributed by atoms with Gasteiger partial charge in [0.05, 0.1) is 25.1 Å². The Balaban J connectivity index is 1.47. The summed E-state index contributed by atoms with van der Waals surface area (Å²) in [5, 5.41) is 2.78. The number of morpholine rings is 1. The number of ether oxygens (including phenoxy) is 1. The standard InChI is InChI=1S/C20H20N4O3/c1-14-18(23-20(27-14)15-5-3-2-4-6-15)19(25)22-17-8-7-16(13-21-17)24-9-11-26-12-10-24/h2-8,13H,9-12H2,1H3,(H,21,22,25). The highest BCUT2D eigenvalue weighted by Crippen LogP contribution is 2.22. The molecule has 0 radical (unpaired) electrons. The van der Waals surface area contributed by atoms with E-state index in [0.29, 0.717) is 30.7 Å². The normalized spacial score (nSPS) is 14.2. The zero-order valence-corrected chi connectivity index (χ0v) is 15.0. The number of nitrogens with zero attached hydrogens (tertiary/aromatic N) is 3. The van der Waals surface area contributed by atoms with Gasteiger partial charge in [-0.15, -0.1) is 0 Å². The second-order valence-electron chi connectivity index (χ2n) is 6.25. The van der Waals surface area contributed by atoms with Crippen molar-refractivity contribution in [3.8, 4) is 11.5 Å². The molecule has 1 saturated heterocycles. The number of anilines is 2. The molecular formula is C20H20N4O3. The van der Waals surface area contributed by atoms with Crippen LogP contribution < -0.4 is 10.2 Å². The molecule has 0 bridgehead atoms. The average Bonchev–Trinajstić information content (AvgIpc) is 3.12. The number of carbonyl (C=O) groups is 1. The zero-order chi connectivity index (χ0) is 18.6. The SMILES string of the molecule is Cc1oc(-c2ccccc2)nc1C(=O)Nc1ccc(N2CCOCC2)cn1. The Labute approximate surface area is 157 Å². The molecule has 1 aliphatic heterocycles. The third kappa shape index (κ3) is 3.83. The number of rotatable bonds is 4. The highest BCUT2D eigenvalue weighted by Gasteiger charge is 2.19. The monoisotopic (exact) mass is 364 g/mol. The second-order valence-corrected chi connectivity index (χ2v) is 6.25. The lowest BCUT2D eigenvalue weighted by Gasteiger charge is -2.28. The van der Waals surface area contributed by atoms with E-state index in [1.807, 2.05) is 36.4 Å². The largest absolute Gasteiger partial charge is 0.441 e. The fourth-order valence-electron chi connectivity index (χ4n) is 2.96. The number of benzene rings is 1. The van der Waals surface area contributed by atoms with Crippen molar-refractivity contribution >= 4 is 17.4 Å². The van der Waals surface area contributed by atoms with Crippen LogP contribution in [-0.2, 0) is 4.74 Å². The first kappa shape index (κ1) is 17.2. The van der Waals surface area contributed by atoms with E-state index in [-0.39, 0.29) is 11.6 Å². The zero-order valence-electron chi connectivity index (χ0n) is 15.0. The van der Waals surface area contributed by atoms with Crippen LogP contribution in [0.3, 0.4) is 0 Å². The van der Waals surface area contributed by atoms with Crippen LogP contribution in [0.1, 0.15) is 16.2 Å². The lowest BCUT2D eigenvalue weighted by atomic mass is 10.2. The first-order valence-electron chi connectivity index (χ1n) is 8.83. The fraction of sp³-hybridized carbons (Fsp3) is 0.250. The minimum absolute atomic E-state index is 0.257. The molecular weight excluding hydrogens is 344 g/mol. The molecule has 0 saturated carbocycles. The minimum Gasteiger partial charge on any atom is -0.441 e. The molecule has 1 aromatic carbocycles. The van der Waals surface area contributed by atoms with E-state index in [1.54, 1.807) is 19.2 Å². The Hall–Kier alpha value is -3.19. The summed E-state index contributed by atoms with van der Waals surface area (Å²) in [5.74, 6) is 1.02. The number of aromatic nitrogens is 2. The summed E-state index contributed by atoms with van der Waals surface area (Å²) in [4.78, 5) is 23.4. The molecule has 1 fully saturated rings. The predicted octanol–water partition coefficient (Wildman–Crippen LogP) is 3.13. The molecule has 7 nitrogen and oxygen atoms in total. The number of nitrogens with one attached hydrogen (secondary N) is 1. The quantitative estimate of drug-likeness (QED) is 0.766. The number of hydrogen-bond donors (Lipinski definition) is 1. The second kappa shape index (κ2) is 7.59. The molecule has 138 valence electrons. The Morgan fingerprint density at radius 2 is 1.89 bits per heavy atom. The summed E-state index contributed by atoms with van der Waals surface area (Å²) in [5.41, 5.74) is 2.10. The maximum Gasteiger partial charge on any atom is 0.279 e. The molecule has 0 aliphatic carbocycles. The van der Waals surface area contributed by atoms with Gasteiger partial charge >= 0.3 is 0 Å². The molecule has 3 heterocycles. The first-order chi connectivity index (χ1) is 13.2. The smallest absolute Gasteiger partial charge is 0.279 e. The van der Waals surface area contributed by atoms with Crippen LogP contribution in [0.5, 0.6) is 0 Å². The van der Waals surface area contributed by atoms with Crippen molar-refractivity contribution in [2.24, 2.45) is 0 Å². The van der Waals surface area contributed by atoms with Gasteiger partial charge in [0.2, 0.25) is 5.89 Å². The van der Waals surface area contributed by atoms with Crippen molar-refractivity contribution in [2.75, 3.05) is 36.5 Å². The van der Waals surface area contributed by atoms with Crippen molar-refractivity contribution in [2.45, 2.75) is 6.92 Å². The summed E-state index contributed by atoms with van der Waals surface area (Å²) in [7, 11) is 0. The van der Waals surface area contributed by atoms with Gasteiger partial charge in [-0.05, 0) is 31.2 Å².